The highest BCUT2D eigenvalue weighted by molar-refractivity contribution is 7.80. The summed E-state index contributed by atoms with van der Waals surface area (Å²) in [4.78, 5) is 10.8. The number of hydrogen-bond acceptors (Lipinski definition) is 3. The van der Waals surface area contributed by atoms with Crippen molar-refractivity contribution < 1.29 is 4.92 Å². The number of nitro benzene ring substituents is 1. The number of anilines is 2. The molecule has 114 valence electrons. The van der Waals surface area contributed by atoms with Gasteiger partial charge in [0.05, 0.1) is 10.3 Å². The zero-order chi connectivity index (χ0) is 16.2. The largest absolute Gasteiger partial charge is 0.332 e. The second-order valence-electron chi connectivity index (χ2n) is 4.88. The second-order valence-corrected chi connectivity index (χ2v) is 5.29. The molecule has 0 saturated carbocycles. The van der Waals surface area contributed by atoms with Crippen LogP contribution in [-0.2, 0) is 0 Å². The Labute approximate surface area is 138 Å². The maximum Gasteiger partial charge on any atom is 0.277 e. The maximum atomic E-state index is 11.1. The molecule has 23 heavy (non-hydrogen) atoms. The molecule has 0 aliphatic rings. The molecule has 3 aromatic rings. The highest BCUT2D eigenvalue weighted by Gasteiger charge is 2.14. The SMILES string of the molecule is O=[N+]([O-])c1ccc(NC(=S)Nc2ccccc2)c2ccccc12. The zero-order valence-electron chi connectivity index (χ0n) is 12.0. The Morgan fingerprint density at radius 1 is 0.870 bits per heavy atom. The molecule has 0 bridgehead atoms. The lowest BCUT2D eigenvalue weighted by molar-refractivity contribution is -0.383. The Morgan fingerprint density at radius 2 is 1.52 bits per heavy atom. The van der Waals surface area contributed by atoms with Gasteiger partial charge in [-0.15, -0.1) is 0 Å². The summed E-state index contributed by atoms with van der Waals surface area (Å²) in [5.74, 6) is 0. The normalized spacial score (nSPS) is 10.3. The molecule has 0 aliphatic heterocycles. The topological polar surface area (TPSA) is 67.2 Å². The number of hydrogen-bond donors (Lipinski definition) is 2. The summed E-state index contributed by atoms with van der Waals surface area (Å²) in [6.07, 6.45) is 0. The van der Waals surface area contributed by atoms with Crippen LogP contribution in [0.3, 0.4) is 0 Å². The van der Waals surface area contributed by atoms with Crippen molar-refractivity contribution in [1.29, 1.82) is 0 Å². The van der Waals surface area contributed by atoms with E-state index in [1.54, 1.807) is 18.2 Å². The first-order chi connectivity index (χ1) is 11.1. The number of nitrogens with one attached hydrogen (secondary N) is 2. The molecule has 6 heteroatoms. The molecule has 0 atom stereocenters. The number of benzene rings is 3. The molecule has 0 amide bonds. The van der Waals surface area contributed by atoms with Gasteiger partial charge in [-0.05, 0) is 36.5 Å². The Bertz CT molecular complexity index is 881. The molecular formula is C17H13N3O2S. The highest BCUT2D eigenvalue weighted by atomic mass is 32.1. The van der Waals surface area contributed by atoms with E-state index in [1.165, 1.54) is 6.07 Å². The van der Waals surface area contributed by atoms with Crippen molar-refractivity contribution in [3.63, 3.8) is 0 Å². The molecule has 0 saturated heterocycles. The Morgan fingerprint density at radius 3 is 2.22 bits per heavy atom. The van der Waals surface area contributed by atoms with Crippen molar-refractivity contribution in [1.82, 2.24) is 0 Å². The quantitative estimate of drug-likeness (QED) is 0.420. The van der Waals surface area contributed by atoms with Crippen LogP contribution >= 0.6 is 12.2 Å². The lowest BCUT2D eigenvalue weighted by atomic mass is 10.1. The van der Waals surface area contributed by atoms with Crippen LogP contribution in [0, 0.1) is 10.1 Å². The Hall–Kier alpha value is -2.99. The first kappa shape index (κ1) is 14.9. The number of fused-ring (bicyclic) bond motifs is 1. The van der Waals surface area contributed by atoms with Crippen molar-refractivity contribution >= 4 is 45.2 Å². The summed E-state index contributed by atoms with van der Waals surface area (Å²) in [6, 6.07) is 19.9. The van der Waals surface area contributed by atoms with Crippen LogP contribution in [0.25, 0.3) is 10.8 Å². The smallest absolute Gasteiger partial charge is 0.277 e. The van der Waals surface area contributed by atoms with Crippen LogP contribution < -0.4 is 10.6 Å². The van der Waals surface area contributed by atoms with E-state index in [9.17, 15) is 10.1 Å². The van der Waals surface area contributed by atoms with Crippen LogP contribution in [0.2, 0.25) is 0 Å². The monoisotopic (exact) mass is 323 g/mol. The highest BCUT2D eigenvalue weighted by Crippen LogP contribution is 2.31. The molecule has 0 aromatic heterocycles. The van der Waals surface area contributed by atoms with Crippen molar-refractivity contribution in [2.45, 2.75) is 0 Å². The van der Waals surface area contributed by atoms with Crippen LogP contribution in [0.1, 0.15) is 0 Å². The van der Waals surface area contributed by atoms with E-state index in [2.05, 4.69) is 10.6 Å². The van der Waals surface area contributed by atoms with Gasteiger partial charge in [0, 0.05) is 22.8 Å². The number of thiocarbonyl (C=S) groups is 1. The molecule has 0 unspecified atom stereocenters. The molecule has 0 aliphatic carbocycles. The summed E-state index contributed by atoms with van der Waals surface area (Å²) < 4.78 is 0. The van der Waals surface area contributed by atoms with Gasteiger partial charge in [0.25, 0.3) is 5.69 Å². The molecule has 5 nitrogen and oxygen atoms in total. The number of nitro groups is 1. The fourth-order valence-corrected chi connectivity index (χ4v) is 2.59. The van der Waals surface area contributed by atoms with E-state index in [4.69, 9.17) is 12.2 Å². The molecule has 0 radical (unpaired) electrons. The van der Waals surface area contributed by atoms with Crippen LogP contribution in [0.15, 0.2) is 66.7 Å². The molecule has 2 N–H and O–H groups in total. The average molecular weight is 323 g/mol. The summed E-state index contributed by atoms with van der Waals surface area (Å²) in [7, 11) is 0. The Kier molecular flexibility index (Phi) is 4.16. The van der Waals surface area contributed by atoms with Gasteiger partial charge in [0.1, 0.15) is 0 Å². The van der Waals surface area contributed by atoms with E-state index in [1.807, 2.05) is 42.5 Å². The van der Waals surface area contributed by atoms with Gasteiger partial charge < -0.3 is 10.6 Å². The fourth-order valence-electron chi connectivity index (χ4n) is 2.36. The third-order valence-corrected chi connectivity index (χ3v) is 3.58. The third kappa shape index (κ3) is 3.27. The molecular weight excluding hydrogens is 310 g/mol. The van der Waals surface area contributed by atoms with E-state index >= 15 is 0 Å². The number of para-hydroxylation sites is 1. The predicted octanol–water partition coefficient (Wildman–Crippen LogP) is 4.56. The van der Waals surface area contributed by atoms with Gasteiger partial charge in [-0.25, -0.2) is 0 Å². The van der Waals surface area contributed by atoms with E-state index < -0.39 is 0 Å². The van der Waals surface area contributed by atoms with Gasteiger partial charge in [-0.2, -0.15) is 0 Å². The van der Waals surface area contributed by atoms with E-state index in [0.29, 0.717) is 10.5 Å². The van der Waals surface area contributed by atoms with Gasteiger partial charge in [-0.3, -0.25) is 10.1 Å². The second kappa shape index (κ2) is 6.41. The van der Waals surface area contributed by atoms with Crippen molar-refractivity contribution in [3.8, 4) is 0 Å². The minimum atomic E-state index is -0.382. The predicted molar refractivity (Wildman–Crippen MR) is 96.9 cm³/mol. The Balaban J connectivity index is 1.90. The van der Waals surface area contributed by atoms with Crippen molar-refractivity contribution in [3.05, 3.63) is 76.8 Å². The third-order valence-electron chi connectivity index (χ3n) is 3.38. The first-order valence-corrected chi connectivity index (χ1v) is 7.35. The van der Waals surface area contributed by atoms with Crippen LogP contribution in [0.4, 0.5) is 17.1 Å². The molecule has 3 rings (SSSR count). The molecule has 0 heterocycles. The minimum Gasteiger partial charge on any atom is -0.332 e. The molecule has 3 aromatic carbocycles. The summed E-state index contributed by atoms with van der Waals surface area (Å²) in [5.41, 5.74) is 1.67. The number of rotatable bonds is 3. The first-order valence-electron chi connectivity index (χ1n) is 6.94. The standard InChI is InChI=1S/C17H13N3O2S/c21-20(22)16-11-10-15(13-8-4-5-9-14(13)16)19-17(23)18-12-6-2-1-3-7-12/h1-11H,(H2,18,19,23). The lowest BCUT2D eigenvalue weighted by Gasteiger charge is -2.12. The van der Waals surface area contributed by atoms with Crippen molar-refractivity contribution in [2.75, 3.05) is 10.6 Å². The van der Waals surface area contributed by atoms with Crippen molar-refractivity contribution in [2.24, 2.45) is 0 Å². The molecule has 0 spiro atoms. The van der Waals surface area contributed by atoms with Gasteiger partial charge >= 0.3 is 0 Å². The van der Waals surface area contributed by atoms with E-state index in [-0.39, 0.29) is 10.6 Å². The summed E-state index contributed by atoms with van der Waals surface area (Å²) in [6.45, 7) is 0. The fraction of sp³-hybridized carbons (Fsp3) is 0. The average Bonchev–Trinajstić information content (AvgIpc) is 2.55. The lowest BCUT2D eigenvalue weighted by Crippen LogP contribution is -2.19. The number of non-ortho nitro benzene ring substituents is 1. The van der Waals surface area contributed by atoms with E-state index in [0.717, 1.165) is 16.8 Å². The maximum absolute atomic E-state index is 11.1. The van der Waals surface area contributed by atoms with Gasteiger partial charge in [-0.1, -0.05) is 36.4 Å². The summed E-state index contributed by atoms with van der Waals surface area (Å²) in [5, 5.41) is 19.1. The number of nitrogens with zero attached hydrogens (tertiary/aromatic N) is 1. The zero-order valence-corrected chi connectivity index (χ0v) is 12.8. The summed E-state index contributed by atoms with van der Waals surface area (Å²) >= 11 is 5.31. The van der Waals surface area contributed by atoms with Gasteiger partial charge in [0.2, 0.25) is 0 Å². The van der Waals surface area contributed by atoms with Crippen LogP contribution in [-0.4, -0.2) is 10.0 Å². The van der Waals surface area contributed by atoms with Gasteiger partial charge in [0.15, 0.2) is 5.11 Å². The molecule has 0 fully saturated rings. The van der Waals surface area contributed by atoms with Crippen LogP contribution in [0.5, 0.6) is 0 Å². The minimum absolute atomic E-state index is 0.0769.